The highest BCUT2D eigenvalue weighted by atomic mass is 15.1. The predicted molar refractivity (Wildman–Crippen MR) is 256 cm³/mol. The lowest BCUT2D eigenvalue weighted by Gasteiger charge is -2.26. The Bertz CT molecular complexity index is 3250. The summed E-state index contributed by atoms with van der Waals surface area (Å²) < 4.78 is 0. The lowest BCUT2D eigenvalue weighted by Crippen LogP contribution is -2.09. The van der Waals surface area contributed by atoms with Crippen molar-refractivity contribution in [2.24, 2.45) is 0 Å². The van der Waals surface area contributed by atoms with Crippen LogP contribution in [0.15, 0.2) is 237 Å². The van der Waals surface area contributed by atoms with Gasteiger partial charge in [-0.25, -0.2) is 9.97 Å². The van der Waals surface area contributed by atoms with Crippen molar-refractivity contribution in [3.8, 4) is 56.0 Å². The summed E-state index contributed by atoms with van der Waals surface area (Å²) in [5.41, 5.74) is 14.8. The molecule has 0 radical (unpaired) electrons. The van der Waals surface area contributed by atoms with Crippen LogP contribution in [-0.4, -0.2) is 9.97 Å². The molecule has 0 aliphatic carbocycles. The summed E-state index contributed by atoms with van der Waals surface area (Å²) in [6.07, 6.45) is 0. The SMILES string of the molecule is c1ccc(-c2ccc(N(c3ccccc3)c3ccc(-c4nc5cccc(-c6cc(-c7ccccc7)cc(-c7ccccc7)n6)c5c5c4ccc4ccccc45)cc3)cc2)cc1. The molecule has 3 heteroatoms. The Morgan fingerprint density at radius 3 is 1.49 bits per heavy atom. The highest BCUT2D eigenvalue weighted by Crippen LogP contribution is 2.43. The van der Waals surface area contributed by atoms with E-state index in [0.29, 0.717) is 0 Å². The Labute approximate surface area is 355 Å². The Hall–Kier alpha value is -8.14. The molecule has 0 saturated carbocycles. The zero-order chi connectivity index (χ0) is 40.5. The summed E-state index contributed by atoms with van der Waals surface area (Å²) in [5.74, 6) is 0. The summed E-state index contributed by atoms with van der Waals surface area (Å²) in [7, 11) is 0. The second kappa shape index (κ2) is 15.6. The van der Waals surface area contributed by atoms with Gasteiger partial charge in [-0.3, -0.25) is 0 Å². The molecule has 0 amide bonds. The minimum absolute atomic E-state index is 0.914. The molecule has 0 unspecified atom stereocenters. The molecule has 0 saturated heterocycles. The van der Waals surface area contributed by atoms with Crippen molar-refractivity contribution in [3.63, 3.8) is 0 Å². The minimum Gasteiger partial charge on any atom is -0.311 e. The first kappa shape index (κ1) is 36.0. The summed E-state index contributed by atoms with van der Waals surface area (Å²) in [6.45, 7) is 0. The number of hydrogen-bond acceptors (Lipinski definition) is 3. The summed E-state index contributed by atoms with van der Waals surface area (Å²) >= 11 is 0. The smallest absolute Gasteiger partial charge is 0.0788 e. The highest BCUT2D eigenvalue weighted by molar-refractivity contribution is 6.25. The molecule has 11 rings (SSSR count). The topological polar surface area (TPSA) is 29.0 Å². The molecule has 2 aromatic heterocycles. The Kier molecular flexibility index (Phi) is 9.18. The number of anilines is 3. The molecule has 61 heavy (non-hydrogen) atoms. The largest absolute Gasteiger partial charge is 0.311 e. The van der Waals surface area contributed by atoms with Gasteiger partial charge in [-0.1, -0.05) is 182 Å². The number of aromatic nitrogens is 2. The van der Waals surface area contributed by atoms with Crippen LogP contribution in [0, 0.1) is 0 Å². The fourth-order valence-electron chi connectivity index (χ4n) is 8.70. The van der Waals surface area contributed by atoms with Gasteiger partial charge < -0.3 is 4.90 Å². The van der Waals surface area contributed by atoms with Gasteiger partial charge in [0.15, 0.2) is 0 Å². The number of rotatable bonds is 8. The van der Waals surface area contributed by atoms with Crippen molar-refractivity contribution in [1.82, 2.24) is 9.97 Å². The molecule has 9 aromatic carbocycles. The van der Waals surface area contributed by atoms with E-state index in [4.69, 9.17) is 9.97 Å². The lowest BCUT2D eigenvalue weighted by molar-refractivity contribution is 1.28. The van der Waals surface area contributed by atoms with Crippen LogP contribution in [0.5, 0.6) is 0 Å². The lowest BCUT2D eigenvalue weighted by atomic mass is 9.91. The van der Waals surface area contributed by atoms with Gasteiger partial charge in [-0.15, -0.1) is 0 Å². The molecular weight excluding hydrogens is 739 g/mol. The van der Waals surface area contributed by atoms with Crippen molar-refractivity contribution >= 4 is 49.5 Å². The van der Waals surface area contributed by atoms with Crippen molar-refractivity contribution in [2.75, 3.05) is 4.90 Å². The van der Waals surface area contributed by atoms with Crippen LogP contribution in [-0.2, 0) is 0 Å². The molecule has 2 heterocycles. The molecule has 0 atom stereocenters. The second-order valence-electron chi connectivity index (χ2n) is 15.4. The average Bonchev–Trinajstić information content (AvgIpc) is 3.35. The van der Waals surface area contributed by atoms with Gasteiger partial charge in [-0.2, -0.15) is 0 Å². The molecule has 0 aliphatic rings. The van der Waals surface area contributed by atoms with Gasteiger partial charge in [0.05, 0.1) is 22.6 Å². The Balaban J connectivity index is 1.08. The molecule has 0 fully saturated rings. The number of para-hydroxylation sites is 1. The normalized spacial score (nSPS) is 11.3. The molecule has 11 aromatic rings. The van der Waals surface area contributed by atoms with E-state index in [2.05, 4.69) is 235 Å². The van der Waals surface area contributed by atoms with Gasteiger partial charge in [0.1, 0.15) is 0 Å². The number of nitrogens with zero attached hydrogens (tertiary/aromatic N) is 3. The molecule has 0 N–H and O–H groups in total. The number of hydrogen-bond donors (Lipinski definition) is 0. The molecular formula is C58H39N3. The number of benzene rings is 9. The van der Waals surface area contributed by atoms with E-state index in [1.54, 1.807) is 0 Å². The fraction of sp³-hybridized carbons (Fsp3) is 0. The third-order valence-electron chi connectivity index (χ3n) is 11.6. The van der Waals surface area contributed by atoms with Crippen molar-refractivity contribution in [3.05, 3.63) is 237 Å². The van der Waals surface area contributed by atoms with E-state index in [1.165, 1.54) is 27.3 Å². The van der Waals surface area contributed by atoms with Crippen molar-refractivity contribution in [2.45, 2.75) is 0 Å². The summed E-state index contributed by atoms with van der Waals surface area (Å²) in [6, 6.07) is 83.9. The Morgan fingerprint density at radius 1 is 0.295 bits per heavy atom. The monoisotopic (exact) mass is 777 g/mol. The van der Waals surface area contributed by atoms with Gasteiger partial charge in [-0.05, 0) is 87.6 Å². The van der Waals surface area contributed by atoms with Gasteiger partial charge in [0.2, 0.25) is 0 Å². The van der Waals surface area contributed by atoms with Crippen LogP contribution < -0.4 is 4.90 Å². The third kappa shape index (κ3) is 6.78. The van der Waals surface area contributed by atoms with Crippen LogP contribution in [0.1, 0.15) is 0 Å². The van der Waals surface area contributed by atoms with Gasteiger partial charge >= 0.3 is 0 Å². The molecule has 0 bridgehead atoms. The summed E-state index contributed by atoms with van der Waals surface area (Å²) in [5, 5.41) is 5.75. The van der Waals surface area contributed by atoms with Crippen molar-refractivity contribution < 1.29 is 0 Å². The molecule has 0 spiro atoms. The molecule has 286 valence electrons. The van der Waals surface area contributed by atoms with Crippen LogP contribution in [0.3, 0.4) is 0 Å². The first-order valence-electron chi connectivity index (χ1n) is 20.7. The maximum absolute atomic E-state index is 5.52. The summed E-state index contributed by atoms with van der Waals surface area (Å²) in [4.78, 5) is 13.2. The van der Waals surface area contributed by atoms with E-state index in [0.717, 1.165) is 78.3 Å². The van der Waals surface area contributed by atoms with Gasteiger partial charge in [0.25, 0.3) is 0 Å². The first-order chi connectivity index (χ1) is 30.2. The van der Waals surface area contributed by atoms with E-state index in [-0.39, 0.29) is 0 Å². The zero-order valence-corrected chi connectivity index (χ0v) is 33.4. The Morgan fingerprint density at radius 2 is 0.820 bits per heavy atom. The van der Waals surface area contributed by atoms with E-state index >= 15 is 0 Å². The van der Waals surface area contributed by atoms with Gasteiger partial charge in [0, 0.05) is 49.9 Å². The van der Waals surface area contributed by atoms with E-state index in [9.17, 15) is 0 Å². The van der Waals surface area contributed by atoms with Crippen molar-refractivity contribution in [1.29, 1.82) is 0 Å². The standard InChI is InChI=1S/C58H39N3/c1-5-16-40(17-6-1)42-28-33-48(34-29-42)61(47-23-11-4-12-24-47)49-35-30-45(31-36-49)58-52-37-32-43-20-13-14-25-50(43)56(52)57-51(26-15-27-53(57)60-58)55-39-46(41-18-7-2-8-19-41)38-54(59-55)44-21-9-3-10-22-44/h1-39H. The quantitative estimate of drug-likeness (QED) is 0.144. The first-order valence-corrected chi connectivity index (χ1v) is 20.7. The van der Waals surface area contributed by atoms with E-state index in [1.807, 2.05) is 6.07 Å². The predicted octanol–water partition coefficient (Wildman–Crippen LogP) is 15.7. The number of fused-ring (bicyclic) bond motifs is 5. The van der Waals surface area contributed by atoms with Crippen LogP contribution in [0.25, 0.3) is 88.5 Å². The number of pyridine rings is 2. The van der Waals surface area contributed by atoms with E-state index < -0.39 is 0 Å². The highest BCUT2D eigenvalue weighted by Gasteiger charge is 2.19. The zero-order valence-electron chi connectivity index (χ0n) is 33.4. The second-order valence-corrected chi connectivity index (χ2v) is 15.4. The maximum Gasteiger partial charge on any atom is 0.0788 e. The third-order valence-corrected chi connectivity index (χ3v) is 11.6. The minimum atomic E-state index is 0.914. The maximum atomic E-state index is 5.52. The molecule has 3 nitrogen and oxygen atoms in total. The fourth-order valence-corrected chi connectivity index (χ4v) is 8.70. The van der Waals surface area contributed by atoms with Crippen LogP contribution >= 0.6 is 0 Å². The average molecular weight is 778 g/mol. The molecule has 0 aliphatic heterocycles. The van der Waals surface area contributed by atoms with Crippen LogP contribution in [0.2, 0.25) is 0 Å². The van der Waals surface area contributed by atoms with Crippen LogP contribution in [0.4, 0.5) is 17.1 Å².